The Hall–Kier alpha value is -2.82. The first kappa shape index (κ1) is 20.5. The number of aromatic nitrogens is 5. The van der Waals surface area contributed by atoms with Crippen LogP contribution in [0.5, 0.6) is 5.75 Å². The predicted octanol–water partition coefficient (Wildman–Crippen LogP) is 2.73. The van der Waals surface area contributed by atoms with Gasteiger partial charge in [-0.15, -0.1) is 10.2 Å². The van der Waals surface area contributed by atoms with E-state index in [1.807, 2.05) is 4.90 Å². The molecule has 4 rings (SSSR count). The topological polar surface area (TPSA) is 95.3 Å². The van der Waals surface area contributed by atoms with Gasteiger partial charge in [-0.05, 0) is 35.0 Å². The third-order valence-electron chi connectivity index (χ3n) is 4.66. The number of halogens is 2. The fraction of sp³-hybridized carbons (Fsp3) is 0.421. The Morgan fingerprint density at radius 1 is 1.30 bits per heavy atom. The molecule has 0 aliphatic carbocycles. The Kier molecular flexibility index (Phi) is 6.07. The molecule has 0 atom stereocenters. The molecular weight excluding hydrogens is 459 g/mol. The molecule has 0 saturated carbocycles. The standard InChI is InChI=1S/C19H20BrFN6O3/c1-2-29-17(28)11-27-24-15-10-22-19(23-18(15)25-27)26-7-5-13(6-8-26)30-16-9-12(21)3-4-14(16)20/h3-4,9-10,13H,2,5-8,11H2,1H3. The molecule has 1 aliphatic heterocycles. The molecule has 0 radical (unpaired) electrons. The smallest absolute Gasteiger partial charge is 0.329 e. The lowest BCUT2D eigenvalue weighted by atomic mass is 10.1. The first-order chi connectivity index (χ1) is 14.5. The normalized spacial score (nSPS) is 14.8. The van der Waals surface area contributed by atoms with Crippen LogP contribution in [0.4, 0.5) is 10.3 Å². The first-order valence-electron chi connectivity index (χ1n) is 9.62. The van der Waals surface area contributed by atoms with Gasteiger partial charge in [-0.3, -0.25) is 0 Å². The van der Waals surface area contributed by atoms with Crippen molar-refractivity contribution in [2.45, 2.75) is 32.4 Å². The highest BCUT2D eigenvalue weighted by molar-refractivity contribution is 9.10. The molecule has 0 spiro atoms. The number of piperidine rings is 1. The van der Waals surface area contributed by atoms with Gasteiger partial charge < -0.3 is 14.4 Å². The van der Waals surface area contributed by atoms with Gasteiger partial charge in [0.2, 0.25) is 11.6 Å². The Balaban J connectivity index is 1.39. The highest BCUT2D eigenvalue weighted by Gasteiger charge is 2.24. The van der Waals surface area contributed by atoms with Gasteiger partial charge in [0.15, 0.2) is 12.1 Å². The lowest BCUT2D eigenvalue weighted by Gasteiger charge is -2.32. The van der Waals surface area contributed by atoms with Crippen molar-refractivity contribution in [1.29, 1.82) is 0 Å². The van der Waals surface area contributed by atoms with E-state index in [9.17, 15) is 9.18 Å². The van der Waals surface area contributed by atoms with Crippen LogP contribution in [-0.4, -0.2) is 56.7 Å². The summed E-state index contributed by atoms with van der Waals surface area (Å²) in [5, 5.41) is 8.44. The molecule has 11 heteroatoms. The van der Waals surface area contributed by atoms with Crippen LogP contribution in [0.1, 0.15) is 19.8 Å². The van der Waals surface area contributed by atoms with E-state index in [0.29, 0.717) is 42.6 Å². The largest absolute Gasteiger partial charge is 0.489 e. The second-order valence-electron chi connectivity index (χ2n) is 6.79. The Morgan fingerprint density at radius 2 is 2.10 bits per heavy atom. The first-order valence-corrected chi connectivity index (χ1v) is 10.4. The van der Waals surface area contributed by atoms with Crippen LogP contribution in [0.15, 0.2) is 28.9 Å². The maximum Gasteiger partial charge on any atom is 0.329 e. The molecule has 158 valence electrons. The van der Waals surface area contributed by atoms with E-state index in [-0.39, 0.29) is 18.5 Å². The van der Waals surface area contributed by atoms with E-state index in [1.54, 1.807) is 19.2 Å². The molecular formula is C19H20BrFN6O3. The second kappa shape index (κ2) is 8.90. The number of ether oxygens (including phenoxy) is 2. The van der Waals surface area contributed by atoms with E-state index < -0.39 is 5.97 Å². The quantitative estimate of drug-likeness (QED) is 0.499. The van der Waals surface area contributed by atoms with Crippen LogP contribution in [0.25, 0.3) is 11.2 Å². The molecule has 30 heavy (non-hydrogen) atoms. The molecule has 0 N–H and O–H groups in total. The van der Waals surface area contributed by atoms with Gasteiger partial charge in [0.25, 0.3) is 0 Å². The molecule has 1 saturated heterocycles. The third-order valence-corrected chi connectivity index (χ3v) is 5.31. The monoisotopic (exact) mass is 478 g/mol. The number of fused-ring (bicyclic) bond motifs is 1. The number of hydrogen-bond acceptors (Lipinski definition) is 8. The van der Waals surface area contributed by atoms with E-state index >= 15 is 0 Å². The zero-order chi connectivity index (χ0) is 21.1. The molecule has 0 bridgehead atoms. The van der Waals surface area contributed by atoms with Gasteiger partial charge in [-0.1, -0.05) is 0 Å². The summed E-state index contributed by atoms with van der Waals surface area (Å²) < 4.78 is 25.1. The fourth-order valence-corrected chi connectivity index (χ4v) is 3.56. The third kappa shape index (κ3) is 4.66. The summed E-state index contributed by atoms with van der Waals surface area (Å²) in [6.45, 7) is 3.37. The molecule has 0 unspecified atom stereocenters. The molecule has 0 amide bonds. The van der Waals surface area contributed by atoms with E-state index in [2.05, 4.69) is 36.1 Å². The predicted molar refractivity (Wildman–Crippen MR) is 110 cm³/mol. The van der Waals surface area contributed by atoms with Crippen molar-refractivity contribution < 1.29 is 18.7 Å². The number of hydrogen-bond donors (Lipinski definition) is 0. The van der Waals surface area contributed by atoms with Crippen LogP contribution in [0, 0.1) is 5.82 Å². The Bertz CT molecular complexity index is 1050. The number of nitrogens with zero attached hydrogens (tertiary/aromatic N) is 6. The van der Waals surface area contributed by atoms with Crippen molar-refractivity contribution in [2.75, 3.05) is 24.6 Å². The van der Waals surface area contributed by atoms with E-state index in [4.69, 9.17) is 9.47 Å². The van der Waals surface area contributed by atoms with Gasteiger partial charge >= 0.3 is 5.97 Å². The summed E-state index contributed by atoms with van der Waals surface area (Å²) in [5.41, 5.74) is 0.934. The lowest BCUT2D eigenvalue weighted by molar-refractivity contribution is -0.144. The van der Waals surface area contributed by atoms with E-state index in [0.717, 1.165) is 17.3 Å². The molecule has 3 heterocycles. The minimum Gasteiger partial charge on any atom is -0.489 e. The molecule has 1 aliphatic rings. The average molecular weight is 479 g/mol. The van der Waals surface area contributed by atoms with Crippen molar-refractivity contribution in [2.24, 2.45) is 0 Å². The van der Waals surface area contributed by atoms with Crippen LogP contribution in [-0.2, 0) is 16.1 Å². The SMILES string of the molecule is CCOC(=O)Cn1nc2cnc(N3CCC(Oc4cc(F)ccc4Br)CC3)nc2n1. The Labute approximate surface area is 180 Å². The van der Waals surface area contributed by atoms with Crippen LogP contribution < -0.4 is 9.64 Å². The summed E-state index contributed by atoms with van der Waals surface area (Å²) in [4.78, 5) is 23.8. The van der Waals surface area contributed by atoms with Gasteiger partial charge in [0.1, 0.15) is 17.7 Å². The summed E-state index contributed by atoms with van der Waals surface area (Å²) in [7, 11) is 0. The number of rotatable bonds is 6. The highest BCUT2D eigenvalue weighted by Crippen LogP contribution is 2.29. The zero-order valence-corrected chi connectivity index (χ0v) is 17.9. The van der Waals surface area contributed by atoms with Crippen molar-refractivity contribution in [3.8, 4) is 5.75 Å². The van der Waals surface area contributed by atoms with Crippen molar-refractivity contribution in [1.82, 2.24) is 25.0 Å². The van der Waals surface area contributed by atoms with Crippen LogP contribution >= 0.6 is 15.9 Å². The van der Waals surface area contributed by atoms with E-state index in [1.165, 1.54) is 16.9 Å². The number of carbonyl (C=O) groups excluding carboxylic acids is 1. The van der Waals surface area contributed by atoms with Crippen molar-refractivity contribution in [3.63, 3.8) is 0 Å². The van der Waals surface area contributed by atoms with Gasteiger partial charge in [-0.2, -0.15) is 9.78 Å². The number of carbonyl (C=O) groups is 1. The van der Waals surface area contributed by atoms with Gasteiger partial charge in [0.05, 0.1) is 17.3 Å². The summed E-state index contributed by atoms with van der Waals surface area (Å²) >= 11 is 3.39. The van der Waals surface area contributed by atoms with Crippen molar-refractivity contribution in [3.05, 3.63) is 34.7 Å². The van der Waals surface area contributed by atoms with Crippen LogP contribution in [0.2, 0.25) is 0 Å². The minimum absolute atomic E-state index is 0.0199. The summed E-state index contributed by atoms with van der Waals surface area (Å²) in [6.07, 6.45) is 3.08. The summed E-state index contributed by atoms with van der Waals surface area (Å²) in [6, 6.07) is 4.40. The van der Waals surface area contributed by atoms with Crippen LogP contribution in [0.3, 0.4) is 0 Å². The van der Waals surface area contributed by atoms with Gasteiger partial charge in [-0.25, -0.2) is 14.2 Å². The zero-order valence-electron chi connectivity index (χ0n) is 16.3. The lowest BCUT2D eigenvalue weighted by Crippen LogP contribution is -2.39. The molecule has 9 nitrogen and oxygen atoms in total. The fourth-order valence-electron chi connectivity index (χ4n) is 3.22. The summed E-state index contributed by atoms with van der Waals surface area (Å²) in [5.74, 6) is 0.321. The molecule has 2 aromatic heterocycles. The maximum absolute atomic E-state index is 13.5. The molecule has 3 aromatic rings. The Morgan fingerprint density at radius 3 is 2.87 bits per heavy atom. The highest BCUT2D eigenvalue weighted by atomic mass is 79.9. The average Bonchev–Trinajstić information content (AvgIpc) is 3.12. The molecule has 1 fully saturated rings. The number of anilines is 1. The minimum atomic E-state index is -0.405. The van der Waals surface area contributed by atoms with Crippen molar-refractivity contribution >= 4 is 39.0 Å². The molecule has 1 aromatic carbocycles. The number of esters is 1. The van der Waals surface area contributed by atoms with Gasteiger partial charge in [0, 0.05) is 32.0 Å². The maximum atomic E-state index is 13.5. The number of benzene rings is 1. The second-order valence-corrected chi connectivity index (χ2v) is 7.65.